The summed E-state index contributed by atoms with van der Waals surface area (Å²) < 4.78 is 5.21. The minimum Gasteiger partial charge on any atom is -0.495 e. The van der Waals surface area contributed by atoms with Gasteiger partial charge in [-0.1, -0.05) is 6.07 Å². The van der Waals surface area contributed by atoms with Crippen molar-refractivity contribution < 1.29 is 9.53 Å². The van der Waals surface area contributed by atoms with Crippen molar-refractivity contribution in [1.29, 1.82) is 0 Å². The highest BCUT2D eigenvalue weighted by molar-refractivity contribution is 6.00. The fourth-order valence-electron chi connectivity index (χ4n) is 1.44. The van der Waals surface area contributed by atoms with Crippen LogP contribution in [0, 0.1) is 0 Å². The third-order valence-electron chi connectivity index (χ3n) is 2.23. The molecule has 0 aliphatic rings. The van der Waals surface area contributed by atoms with Gasteiger partial charge in [-0.25, -0.2) is 0 Å². The van der Waals surface area contributed by atoms with Crippen LogP contribution in [-0.4, -0.2) is 25.5 Å². The lowest BCUT2D eigenvalue weighted by atomic mass is 10.1. The minimum atomic E-state index is 0.00562. The van der Waals surface area contributed by atoms with Crippen LogP contribution >= 0.6 is 0 Å². The average Bonchev–Trinajstić information content (AvgIpc) is 2.25. The first-order valence-electron chi connectivity index (χ1n) is 5.23. The highest BCUT2D eigenvalue weighted by atomic mass is 16.5. The van der Waals surface area contributed by atoms with E-state index in [9.17, 15) is 4.79 Å². The van der Waals surface area contributed by atoms with Gasteiger partial charge in [-0.2, -0.15) is 0 Å². The summed E-state index contributed by atoms with van der Waals surface area (Å²) in [5, 5.41) is 3.14. The van der Waals surface area contributed by atoms with Crippen LogP contribution in [0.5, 0.6) is 5.75 Å². The summed E-state index contributed by atoms with van der Waals surface area (Å²) in [6.07, 6.45) is 0. The molecule has 0 aromatic heterocycles. The Morgan fingerprint density at radius 2 is 2.25 bits per heavy atom. The van der Waals surface area contributed by atoms with E-state index in [1.54, 1.807) is 19.2 Å². The molecule has 0 saturated heterocycles. The number of Topliss-reactive ketones (excluding diaryl/α,β-unsaturated/α-hetero) is 1. The summed E-state index contributed by atoms with van der Waals surface area (Å²) in [5.41, 5.74) is 7.01. The number of hydrogen-bond donors (Lipinski definition) is 2. The molecule has 88 valence electrons. The van der Waals surface area contributed by atoms with Gasteiger partial charge in [-0.15, -0.1) is 0 Å². The number of carbonyl (C=O) groups excluding carboxylic acids is 1. The van der Waals surface area contributed by atoms with Crippen molar-refractivity contribution in [2.45, 2.75) is 19.9 Å². The molecule has 0 fully saturated rings. The smallest absolute Gasteiger partial charge is 0.162 e. The molecule has 0 aliphatic carbocycles. The number of nitrogens with one attached hydrogen (secondary N) is 1. The van der Waals surface area contributed by atoms with Crippen LogP contribution in [0.25, 0.3) is 0 Å². The third kappa shape index (κ3) is 2.97. The number of ketones is 1. The lowest BCUT2D eigenvalue weighted by Crippen LogP contribution is -2.26. The Labute approximate surface area is 95.8 Å². The molecule has 0 saturated carbocycles. The van der Waals surface area contributed by atoms with Crippen molar-refractivity contribution in [3.05, 3.63) is 23.8 Å². The molecule has 3 N–H and O–H groups in total. The number of ether oxygens (including phenoxy) is 1. The Morgan fingerprint density at radius 1 is 1.56 bits per heavy atom. The maximum absolute atomic E-state index is 11.5. The minimum absolute atomic E-state index is 0.00562. The quantitative estimate of drug-likeness (QED) is 0.744. The largest absolute Gasteiger partial charge is 0.495 e. The first-order chi connectivity index (χ1) is 7.56. The van der Waals surface area contributed by atoms with Crippen LogP contribution < -0.4 is 15.8 Å². The molecule has 0 bridgehead atoms. The maximum atomic E-state index is 11.5. The molecule has 0 spiro atoms. The summed E-state index contributed by atoms with van der Waals surface area (Å²) >= 11 is 0. The summed E-state index contributed by atoms with van der Waals surface area (Å²) in [4.78, 5) is 11.5. The van der Waals surface area contributed by atoms with E-state index < -0.39 is 0 Å². The number of carbonyl (C=O) groups is 1. The Balaban J connectivity index is 3.04. The Hall–Kier alpha value is -1.55. The third-order valence-corrected chi connectivity index (χ3v) is 2.23. The average molecular weight is 222 g/mol. The molecule has 4 nitrogen and oxygen atoms in total. The Morgan fingerprint density at radius 3 is 2.75 bits per heavy atom. The number of benzene rings is 1. The summed E-state index contributed by atoms with van der Waals surface area (Å²) in [7, 11) is 1.58. The van der Waals surface area contributed by atoms with Gasteiger partial charge >= 0.3 is 0 Å². The summed E-state index contributed by atoms with van der Waals surface area (Å²) in [6, 6.07) is 5.40. The molecule has 4 heteroatoms. The van der Waals surface area contributed by atoms with Crippen molar-refractivity contribution in [3.8, 4) is 5.75 Å². The molecule has 0 heterocycles. The molecule has 1 aromatic rings. The lowest BCUT2D eigenvalue weighted by molar-refractivity contribution is 0.101. The van der Waals surface area contributed by atoms with Crippen LogP contribution in [0.15, 0.2) is 18.2 Å². The molecular formula is C12H18N2O2. The topological polar surface area (TPSA) is 64.3 Å². The highest BCUT2D eigenvalue weighted by Gasteiger charge is 2.12. The van der Waals surface area contributed by atoms with Crippen molar-refractivity contribution >= 4 is 11.5 Å². The second-order valence-corrected chi connectivity index (χ2v) is 3.80. The number of nitrogens with two attached hydrogens (primary N) is 1. The van der Waals surface area contributed by atoms with E-state index in [4.69, 9.17) is 10.5 Å². The Kier molecular flexibility index (Phi) is 4.31. The molecule has 1 aromatic carbocycles. The zero-order chi connectivity index (χ0) is 12.1. The van der Waals surface area contributed by atoms with Crippen molar-refractivity contribution in [2.75, 3.05) is 19.0 Å². The number of hydrogen-bond acceptors (Lipinski definition) is 4. The zero-order valence-electron chi connectivity index (χ0n) is 9.91. The molecule has 1 atom stereocenters. The van der Waals surface area contributed by atoms with Crippen molar-refractivity contribution in [3.63, 3.8) is 0 Å². The van der Waals surface area contributed by atoms with E-state index >= 15 is 0 Å². The first-order valence-corrected chi connectivity index (χ1v) is 5.23. The van der Waals surface area contributed by atoms with Gasteiger partial charge in [0, 0.05) is 18.2 Å². The van der Waals surface area contributed by atoms with E-state index in [0.717, 1.165) is 5.69 Å². The standard InChI is InChI=1S/C12H18N2O2/c1-8(13)7-14-12-10(9(2)15)5-4-6-11(12)16-3/h4-6,8,14H,7,13H2,1-3H3. The van der Waals surface area contributed by atoms with Gasteiger partial charge in [0.2, 0.25) is 0 Å². The molecule has 0 radical (unpaired) electrons. The predicted molar refractivity (Wildman–Crippen MR) is 65.1 cm³/mol. The Bertz CT molecular complexity index is 375. The van der Waals surface area contributed by atoms with Gasteiger partial charge in [-0.3, -0.25) is 4.79 Å². The molecule has 1 rings (SSSR count). The summed E-state index contributed by atoms with van der Waals surface area (Å²) in [6.45, 7) is 4.03. The monoisotopic (exact) mass is 222 g/mol. The number of anilines is 1. The van der Waals surface area contributed by atoms with Gasteiger partial charge in [0.05, 0.1) is 12.8 Å². The second-order valence-electron chi connectivity index (χ2n) is 3.80. The summed E-state index contributed by atoms with van der Waals surface area (Å²) in [5.74, 6) is 0.666. The van der Waals surface area contributed by atoms with Gasteiger partial charge in [0.1, 0.15) is 5.75 Å². The van der Waals surface area contributed by atoms with Crippen LogP contribution in [0.1, 0.15) is 24.2 Å². The molecule has 0 aliphatic heterocycles. The zero-order valence-corrected chi connectivity index (χ0v) is 9.91. The van der Waals surface area contributed by atoms with Crippen LogP contribution in [0.3, 0.4) is 0 Å². The SMILES string of the molecule is COc1cccc(C(C)=O)c1NCC(C)N. The van der Waals surface area contributed by atoms with Crippen LogP contribution in [0.2, 0.25) is 0 Å². The molecule has 0 amide bonds. The number of para-hydroxylation sites is 1. The van der Waals surface area contributed by atoms with Gasteiger partial charge in [0.15, 0.2) is 5.78 Å². The van der Waals surface area contributed by atoms with E-state index in [2.05, 4.69) is 5.32 Å². The van der Waals surface area contributed by atoms with Crippen molar-refractivity contribution in [1.82, 2.24) is 0 Å². The van der Waals surface area contributed by atoms with Crippen molar-refractivity contribution in [2.24, 2.45) is 5.73 Å². The van der Waals surface area contributed by atoms with Gasteiger partial charge in [-0.05, 0) is 26.0 Å². The molecular weight excluding hydrogens is 204 g/mol. The maximum Gasteiger partial charge on any atom is 0.162 e. The number of rotatable bonds is 5. The highest BCUT2D eigenvalue weighted by Crippen LogP contribution is 2.28. The second kappa shape index (κ2) is 5.51. The van der Waals surface area contributed by atoms with Crippen LogP contribution in [-0.2, 0) is 0 Å². The van der Waals surface area contributed by atoms with Gasteiger partial charge in [0.25, 0.3) is 0 Å². The normalized spacial score (nSPS) is 12.0. The fraction of sp³-hybridized carbons (Fsp3) is 0.417. The lowest BCUT2D eigenvalue weighted by Gasteiger charge is -2.15. The number of methoxy groups -OCH3 is 1. The predicted octanol–water partition coefficient (Wildman–Crippen LogP) is 1.66. The van der Waals surface area contributed by atoms with Crippen LogP contribution in [0.4, 0.5) is 5.69 Å². The van der Waals surface area contributed by atoms with Gasteiger partial charge < -0.3 is 15.8 Å². The fourth-order valence-corrected chi connectivity index (χ4v) is 1.44. The van der Waals surface area contributed by atoms with E-state index in [0.29, 0.717) is 17.9 Å². The first kappa shape index (κ1) is 12.5. The molecule has 1 unspecified atom stereocenters. The van der Waals surface area contributed by atoms with E-state index in [1.807, 2.05) is 13.0 Å². The van der Waals surface area contributed by atoms with E-state index in [-0.39, 0.29) is 11.8 Å². The molecule has 16 heavy (non-hydrogen) atoms. The van der Waals surface area contributed by atoms with E-state index in [1.165, 1.54) is 6.92 Å².